The van der Waals surface area contributed by atoms with E-state index in [9.17, 15) is 9.59 Å². The number of methoxy groups -OCH3 is 1. The Morgan fingerprint density at radius 3 is 2.53 bits per heavy atom. The normalized spacial score (nSPS) is 10.7. The molecule has 0 spiro atoms. The first-order valence-electron chi connectivity index (χ1n) is 4.78. The zero-order valence-corrected chi connectivity index (χ0v) is 9.12. The molecule has 0 aromatic rings. The Labute approximate surface area is 89.6 Å². The van der Waals surface area contributed by atoms with Gasteiger partial charge in [-0.1, -0.05) is 19.9 Å². The van der Waals surface area contributed by atoms with Gasteiger partial charge in [0.15, 0.2) is 0 Å². The minimum atomic E-state index is -0.664. The van der Waals surface area contributed by atoms with E-state index in [2.05, 4.69) is 11.3 Å². The molecule has 0 aromatic carbocycles. The van der Waals surface area contributed by atoms with Crippen LogP contribution in [-0.4, -0.2) is 19.0 Å². The van der Waals surface area contributed by atoms with Crippen molar-refractivity contribution in [2.24, 2.45) is 0 Å². The van der Waals surface area contributed by atoms with Gasteiger partial charge in [0.05, 0.1) is 7.11 Å². The van der Waals surface area contributed by atoms with E-state index in [1.54, 1.807) is 6.08 Å². The fraction of sp³-hybridized carbons (Fsp3) is 0.455. The molecule has 0 bridgehead atoms. The van der Waals surface area contributed by atoms with Crippen LogP contribution in [0.5, 0.6) is 0 Å². The quantitative estimate of drug-likeness (QED) is 0.292. The van der Waals surface area contributed by atoms with Crippen molar-refractivity contribution in [1.29, 1.82) is 0 Å². The van der Waals surface area contributed by atoms with Crippen LogP contribution in [0.4, 0.5) is 0 Å². The van der Waals surface area contributed by atoms with E-state index in [1.807, 2.05) is 6.92 Å². The molecule has 15 heavy (non-hydrogen) atoms. The van der Waals surface area contributed by atoms with E-state index in [1.165, 1.54) is 7.11 Å². The van der Waals surface area contributed by atoms with Gasteiger partial charge in [0.1, 0.15) is 0 Å². The van der Waals surface area contributed by atoms with Crippen LogP contribution in [0.3, 0.4) is 0 Å². The molecule has 0 aromatic heterocycles. The van der Waals surface area contributed by atoms with Crippen LogP contribution in [0.2, 0.25) is 0 Å². The Kier molecular flexibility index (Phi) is 6.97. The predicted octanol–water partition coefficient (Wildman–Crippen LogP) is 1.96. The van der Waals surface area contributed by atoms with Gasteiger partial charge in [-0.05, 0) is 18.9 Å². The number of hydrogen-bond donors (Lipinski definition) is 0. The van der Waals surface area contributed by atoms with Crippen LogP contribution in [0, 0.1) is 0 Å². The fourth-order valence-corrected chi connectivity index (χ4v) is 0.855. The van der Waals surface area contributed by atoms with Crippen LogP contribution >= 0.6 is 0 Å². The van der Waals surface area contributed by atoms with Crippen molar-refractivity contribution in [2.75, 3.05) is 7.11 Å². The summed E-state index contributed by atoms with van der Waals surface area (Å²) in [5.74, 6) is -1.39. The van der Waals surface area contributed by atoms with Gasteiger partial charge in [-0.2, -0.15) is 0 Å². The van der Waals surface area contributed by atoms with Gasteiger partial charge in [-0.25, -0.2) is 9.59 Å². The summed E-state index contributed by atoms with van der Waals surface area (Å²) in [6.07, 6.45) is 5.14. The zero-order chi connectivity index (χ0) is 11.7. The largest absolute Gasteiger partial charge is 0.463 e. The van der Waals surface area contributed by atoms with Crippen molar-refractivity contribution in [3.63, 3.8) is 0 Å². The lowest BCUT2D eigenvalue weighted by Crippen LogP contribution is -2.11. The fourth-order valence-electron chi connectivity index (χ4n) is 0.855. The molecule has 0 aliphatic carbocycles. The third-order valence-electron chi connectivity index (χ3n) is 1.65. The molecule has 0 atom stereocenters. The van der Waals surface area contributed by atoms with Crippen molar-refractivity contribution in [3.05, 3.63) is 24.5 Å². The molecule has 0 rings (SSSR count). The lowest BCUT2D eigenvalue weighted by atomic mass is 10.2. The first-order valence-corrected chi connectivity index (χ1v) is 4.78. The van der Waals surface area contributed by atoms with Crippen LogP contribution in [-0.2, 0) is 19.1 Å². The standard InChI is InChI=1S/C11H16O4/c1-4-6-7-8-9(11(13)14-3)15-10(12)5-2/h5,8H,2,4,6-7H2,1,3H3/b9-8+. The number of allylic oxidation sites excluding steroid dienone is 1. The summed E-state index contributed by atoms with van der Waals surface area (Å²) in [4.78, 5) is 22.0. The SMILES string of the molecule is C=CC(=O)O/C(=C/CCCC)C(=O)OC. The molecule has 4 nitrogen and oxygen atoms in total. The van der Waals surface area contributed by atoms with Gasteiger partial charge in [0, 0.05) is 6.08 Å². The van der Waals surface area contributed by atoms with E-state index in [0.717, 1.165) is 18.9 Å². The number of ether oxygens (including phenoxy) is 2. The molecule has 0 N–H and O–H groups in total. The number of carbonyl (C=O) groups is 2. The zero-order valence-electron chi connectivity index (χ0n) is 9.12. The second-order valence-electron chi connectivity index (χ2n) is 2.83. The molecule has 84 valence electrons. The molecule has 0 aliphatic rings. The molecule has 0 radical (unpaired) electrons. The third-order valence-corrected chi connectivity index (χ3v) is 1.65. The smallest absolute Gasteiger partial charge is 0.373 e. The molecular weight excluding hydrogens is 196 g/mol. The Morgan fingerprint density at radius 2 is 2.07 bits per heavy atom. The highest BCUT2D eigenvalue weighted by atomic mass is 16.6. The van der Waals surface area contributed by atoms with Crippen LogP contribution in [0.15, 0.2) is 24.5 Å². The lowest BCUT2D eigenvalue weighted by molar-refractivity contribution is -0.147. The van der Waals surface area contributed by atoms with Gasteiger partial charge in [0.2, 0.25) is 5.76 Å². The van der Waals surface area contributed by atoms with E-state index < -0.39 is 11.9 Å². The van der Waals surface area contributed by atoms with E-state index >= 15 is 0 Å². The maximum atomic E-state index is 11.2. The third kappa shape index (κ3) is 5.67. The summed E-state index contributed by atoms with van der Waals surface area (Å²) in [6, 6.07) is 0. The van der Waals surface area contributed by atoms with E-state index in [0.29, 0.717) is 6.42 Å². The Balaban J connectivity index is 4.43. The molecule has 0 saturated carbocycles. The van der Waals surface area contributed by atoms with E-state index in [-0.39, 0.29) is 5.76 Å². The van der Waals surface area contributed by atoms with Gasteiger partial charge < -0.3 is 9.47 Å². The maximum absolute atomic E-state index is 11.2. The Hall–Kier alpha value is -1.58. The van der Waals surface area contributed by atoms with Crippen molar-refractivity contribution in [1.82, 2.24) is 0 Å². The molecule has 0 fully saturated rings. The Morgan fingerprint density at radius 1 is 1.40 bits per heavy atom. The summed E-state index contributed by atoms with van der Waals surface area (Å²) in [6.45, 7) is 5.27. The van der Waals surface area contributed by atoms with Crippen LogP contribution in [0.1, 0.15) is 26.2 Å². The monoisotopic (exact) mass is 212 g/mol. The average Bonchev–Trinajstić information content (AvgIpc) is 2.26. The summed E-state index contributed by atoms with van der Waals surface area (Å²) >= 11 is 0. The van der Waals surface area contributed by atoms with Gasteiger partial charge >= 0.3 is 11.9 Å². The lowest BCUT2D eigenvalue weighted by Gasteiger charge is -2.04. The van der Waals surface area contributed by atoms with E-state index in [4.69, 9.17) is 4.74 Å². The second-order valence-corrected chi connectivity index (χ2v) is 2.83. The van der Waals surface area contributed by atoms with Gasteiger partial charge in [0.25, 0.3) is 0 Å². The molecule has 0 heterocycles. The number of unbranched alkanes of at least 4 members (excludes halogenated alkanes) is 2. The number of rotatable bonds is 6. The number of carbonyl (C=O) groups excluding carboxylic acids is 2. The number of esters is 2. The molecular formula is C11H16O4. The van der Waals surface area contributed by atoms with Crippen molar-refractivity contribution < 1.29 is 19.1 Å². The van der Waals surface area contributed by atoms with Crippen molar-refractivity contribution >= 4 is 11.9 Å². The first-order chi connectivity index (χ1) is 7.15. The van der Waals surface area contributed by atoms with Crippen LogP contribution < -0.4 is 0 Å². The summed E-state index contributed by atoms with van der Waals surface area (Å²) < 4.78 is 9.20. The Bertz CT molecular complexity index is 266. The second kappa shape index (κ2) is 7.79. The molecule has 0 saturated heterocycles. The highest BCUT2D eigenvalue weighted by Crippen LogP contribution is 2.06. The summed E-state index contributed by atoms with van der Waals surface area (Å²) in [7, 11) is 1.23. The highest BCUT2D eigenvalue weighted by Gasteiger charge is 2.13. The molecule has 0 aliphatic heterocycles. The van der Waals surface area contributed by atoms with Crippen molar-refractivity contribution in [3.8, 4) is 0 Å². The average molecular weight is 212 g/mol. The van der Waals surface area contributed by atoms with Gasteiger partial charge in [-0.15, -0.1) is 0 Å². The topological polar surface area (TPSA) is 52.6 Å². The highest BCUT2D eigenvalue weighted by molar-refractivity contribution is 5.92. The summed E-state index contributed by atoms with van der Waals surface area (Å²) in [5.41, 5.74) is 0. The molecule has 4 heteroatoms. The first kappa shape index (κ1) is 13.4. The number of hydrogen-bond acceptors (Lipinski definition) is 4. The predicted molar refractivity (Wildman–Crippen MR) is 55.9 cm³/mol. The summed E-state index contributed by atoms with van der Waals surface area (Å²) in [5, 5.41) is 0. The minimum Gasteiger partial charge on any atom is -0.463 e. The molecule has 0 unspecified atom stereocenters. The van der Waals surface area contributed by atoms with Gasteiger partial charge in [-0.3, -0.25) is 0 Å². The molecule has 0 amide bonds. The minimum absolute atomic E-state index is 0.0733. The maximum Gasteiger partial charge on any atom is 0.373 e. The van der Waals surface area contributed by atoms with Crippen LogP contribution in [0.25, 0.3) is 0 Å². The van der Waals surface area contributed by atoms with Crippen molar-refractivity contribution in [2.45, 2.75) is 26.2 Å².